The van der Waals surface area contributed by atoms with Crippen LogP contribution in [0.4, 0.5) is 0 Å². The summed E-state index contributed by atoms with van der Waals surface area (Å²) in [5, 5.41) is 5.23. The molecule has 0 aliphatic heterocycles. The van der Waals surface area contributed by atoms with E-state index >= 15 is 0 Å². The van der Waals surface area contributed by atoms with Crippen LogP contribution in [0.15, 0.2) is 176 Å². The first-order valence-electron chi connectivity index (χ1n) is 16.3. The minimum Gasteiger partial charge on any atom is -0.309 e. The summed E-state index contributed by atoms with van der Waals surface area (Å²) in [6.45, 7) is 0. The Morgan fingerprint density at radius 3 is 1.51 bits per heavy atom. The summed E-state index contributed by atoms with van der Waals surface area (Å²) in [6.07, 6.45) is 0. The van der Waals surface area contributed by atoms with Crippen LogP contribution >= 0.6 is 0 Å². The highest BCUT2D eigenvalue weighted by Crippen LogP contribution is 2.52. The summed E-state index contributed by atoms with van der Waals surface area (Å²) in [5.41, 5.74) is 16.2. The molecule has 0 bridgehead atoms. The fourth-order valence-electron chi connectivity index (χ4n) is 7.96. The largest absolute Gasteiger partial charge is 0.309 e. The van der Waals surface area contributed by atoms with E-state index in [1.54, 1.807) is 0 Å². The van der Waals surface area contributed by atoms with E-state index in [9.17, 15) is 0 Å². The van der Waals surface area contributed by atoms with Crippen molar-refractivity contribution in [2.45, 2.75) is 0 Å². The molecule has 0 amide bonds. The summed E-state index contributed by atoms with van der Waals surface area (Å²) in [4.78, 5) is 0. The predicted molar refractivity (Wildman–Crippen MR) is 199 cm³/mol. The number of nitrogens with zero attached hydrogens (tertiary/aromatic N) is 1. The van der Waals surface area contributed by atoms with Crippen LogP contribution in [0, 0.1) is 0 Å². The van der Waals surface area contributed by atoms with Crippen molar-refractivity contribution in [3.8, 4) is 61.3 Å². The molecule has 1 aliphatic carbocycles. The van der Waals surface area contributed by atoms with Crippen LogP contribution in [0.1, 0.15) is 0 Å². The molecule has 218 valence electrons. The number of aromatic nitrogens is 1. The Hall–Kier alpha value is -6.18. The standard InChI is InChI=1S/C46H29N/c1-4-13-30(14-5-1)35-26-25-34(29-40(35)32-17-8-3-9-18-32)47-41-24-12-22-38-37-21-10-19-33-20-11-23-39(43(33)37)44-36(31-15-6-2-7-16-31)27-28-42(47)46(44)45(38)41/h1-29H. The average Bonchev–Trinajstić information content (AvgIpc) is 3.43. The first-order chi connectivity index (χ1) is 23.3. The van der Waals surface area contributed by atoms with Crippen molar-refractivity contribution >= 4 is 32.6 Å². The molecule has 10 rings (SSSR count). The third-order valence-electron chi connectivity index (χ3n) is 9.94. The molecular weight excluding hydrogens is 567 g/mol. The topological polar surface area (TPSA) is 4.93 Å². The maximum atomic E-state index is 2.49. The van der Waals surface area contributed by atoms with E-state index in [1.165, 1.54) is 88.2 Å². The molecule has 1 heterocycles. The summed E-state index contributed by atoms with van der Waals surface area (Å²) in [7, 11) is 0. The molecule has 0 radical (unpaired) electrons. The summed E-state index contributed by atoms with van der Waals surface area (Å²) in [6, 6.07) is 64.4. The molecule has 1 aromatic heterocycles. The highest BCUT2D eigenvalue weighted by atomic mass is 15.0. The lowest BCUT2D eigenvalue weighted by Gasteiger charge is -2.17. The van der Waals surface area contributed by atoms with Gasteiger partial charge in [0.2, 0.25) is 0 Å². The van der Waals surface area contributed by atoms with Gasteiger partial charge in [-0.2, -0.15) is 0 Å². The lowest BCUT2D eigenvalue weighted by Crippen LogP contribution is -1.97. The van der Waals surface area contributed by atoms with Crippen molar-refractivity contribution in [1.82, 2.24) is 4.57 Å². The molecule has 1 nitrogen and oxygen atoms in total. The SMILES string of the molecule is c1ccc(-c2ccc(-n3c4cccc5c4c4c(c(-c6ccccc6)ccc43)-c3cccc4cccc-5c34)cc2-c2ccccc2)cc1. The molecule has 0 spiro atoms. The van der Waals surface area contributed by atoms with Crippen LogP contribution in [0.25, 0.3) is 93.9 Å². The molecule has 0 atom stereocenters. The Kier molecular flexibility index (Phi) is 5.64. The maximum Gasteiger partial charge on any atom is 0.0548 e. The number of fused-ring (bicyclic) bond motifs is 2. The smallest absolute Gasteiger partial charge is 0.0548 e. The van der Waals surface area contributed by atoms with Gasteiger partial charge in [0.1, 0.15) is 0 Å². The average molecular weight is 596 g/mol. The number of hydrogen-bond donors (Lipinski definition) is 0. The lowest BCUT2D eigenvalue weighted by molar-refractivity contribution is 1.18. The third kappa shape index (κ3) is 3.84. The Bertz CT molecular complexity index is 2640. The van der Waals surface area contributed by atoms with Gasteiger partial charge < -0.3 is 4.57 Å². The van der Waals surface area contributed by atoms with Crippen LogP contribution in [0.2, 0.25) is 0 Å². The first kappa shape index (κ1) is 26.1. The fourth-order valence-corrected chi connectivity index (χ4v) is 7.96. The van der Waals surface area contributed by atoms with Crippen molar-refractivity contribution in [3.63, 3.8) is 0 Å². The van der Waals surface area contributed by atoms with Crippen molar-refractivity contribution in [3.05, 3.63) is 176 Å². The molecular formula is C46H29N. The molecule has 1 heteroatoms. The van der Waals surface area contributed by atoms with E-state index in [-0.39, 0.29) is 0 Å². The van der Waals surface area contributed by atoms with Crippen molar-refractivity contribution in [1.29, 1.82) is 0 Å². The van der Waals surface area contributed by atoms with Gasteiger partial charge in [-0.15, -0.1) is 0 Å². The van der Waals surface area contributed by atoms with Crippen LogP contribution in [-0.2, 0) is 0 Å². The zero-order valence-corrected chi connectivity index (χ0v) is 25.7. The van der Waals surface area contributed by atoms with E-state index in [4.69, 9.17) is 0 Å². The second-order valence-corrected chi connectivity index (χ2v) is 12.5. The Labute approximate surface area is 273 Å². The minimum absolute atomic E-state index is 1.16. The second-order valence-electron chi connectivity index (χ2n) is 12.5. The summed E-state index contributed by atoms with van der Waals surface area (Å²) < 4.78 is 2.49. The number of hydrogen-bond acceptors (Lipinski definition) is 0. The molecule has 0 fully saturated rings. The Balaban J connectivity index is 1.36. The lowest BCUT2D eigenvalue weighted by atomic mass is 9.89. The van der Waals surface area contributed by atoms with E-state index in [0.29, 0.717) is 0 Å². The van der Waals surface area contributed by atoms with Crippen molar-refractivity contribution < 1.29 is 0 Å². The van der Waals surface area contributed by atoms with Gasteiger partial charge in [-0.1, -0.05) is 152 Å². The van der Waals surface area contributed by atoms with E-state index in [0.717, 1.165) is 5.69 Å². The zero-order valence-electron chi connectivity index (χ0n) is 25.7. The monoisotopic (exact) mass is 595 g/mol. The van der Waals surface area contributed by atoms with Gasteiger partial charge in [0, 0.05) is 22.0 Å². The summed E-state index contributed by atoms with van der Waals surface area (Å²) in [5.74, 6) is 0. The molecule has 47 heavy (non-hydrogen) atoms. The zero-order chi connectivity index (χ0) is 30.9. The minimum atomic E-state index is 1.16. The Morgan fingerprint density at radius 2 is 0.830 bits per heavy atom. The van der Waals surface area contributed by atoms with Gasteiger partial charge in [0.05, 0.1) is 11.0 Å². The van der Waals surface area contributed by atoms with E-state index in [1.807, 2.05) is 0 Å². The molecule has 8 aromatic carbocycles. The molecule has 9 aromatic rings. The third-order valence-corrected chi connectivity index (χ3v) is 9.94. The van der Waals surface area contributed by atoms with Gasteiger partial charge >= 0.3 is 0 Å². The second kappa shape index (κ2) is 10.2. The van der Waals surface area contributed by atoms with Crippen LogP contribution in [0.3, 0.4) is 0 Å². The highest BCUT2D eigenvalue weighted by Gasteiger charge is 2.27. The fraction of sp³-hybridized carbons (Fsp3) is 0. The molecule has 0 saturated heterocycles. The molecule has 0 unspecified atom stereocenters. The molecule has 0 saturated carbocycles. The van der Waals surface area contributed by atoms with Gasteiger partial charge in [0.25, 0.3) is 0 Å². The van der Waals surface area contributed by atoms with E-state index < -0.39 is 0 Å². The van der Waals surface area contributed by atoms with Crippen LogP contribution in [-0.4, -0.2) is 4.57 Å². The van der Waals surface area contributed by atoms with Gasteiger partial charge in [-0.05, 0) is 85.1 Å². The molecule has 0 N–H and O–H groups in total. The predicted octanol–water partition coefficient (Wildman–Crippen LogP) is 12.6. The maximum absolute atomic E-state index is 2.49. The van der Waals surface area contributed by atoms with Gasteiger partial charge in [-0.25, -0.2) is 0 Å². The number of rotatable bonds is 4. The van der Waals surface area contributed by atoms with E-state index in [2.05, 4.69) is 180 Å². The quantitative estimate of drug-likeness (QED) is 0.191. The normalized spacial score (nSPS) is 11.8. The first-order valence-corrected chi connectivity index (χ1v) is 16.3. The van der Waals surface area contributed by atoms with Crippen molar-refractivity contribution in [2.24, 2.45) is 0 Å². The van der Waals surface area contributed by atoms with Crippen LogP contribution < -0.4 is 0 Å². The highest BCUT2D eigenvalue weighted by molar-refractivity contribution is 6.29. The van der Waals surface area contributed by atoms with Gasteiger partial charge in [0.15, 0.2) is 0 Å². The summed E-state index contributed by atoms with van der Waals surface area (Å²) >= 11 is 0. The van der Waals surface area contributed by atoms with Crippen LogP contribution in [0.5, 0.6) is 0 Å². The van der Waals surface area contributed by atoms with Crippen molar-refractivity contribution in [2.75, 3.05) is 0 Å². The number of benzene rings is 8. The molecule has 1 aliphatic rings. The van der Waals surface area contributed by atoms with Gasteiger partial charge in [-0.3, -0.25) is 0 Å². The Morgan fingerprint density at radius 1 is 0.298 bits per heavy atom.